The molecule has 0 unspecified atom stereocenters. The molecule has 0 heterocycles. The van der Waals surface area contributed by atoms with Crippen molar-refractivity contribution < 1.29 is 19.1 Å². The number of hydrazine groups is 1. The van der Waals surface area contributed by atoms with Crippen LogP contribution in [0.2, 0.25) is 0 Å². The van der Waals surface area contributed by atoms with Gasteiger partial charge in [-0.2, -0.15) is 0 Å². The molecule has 0 spiro atoms. The molecule has 158 valence electrons. The summed E-state index contributed by atoms with van der Waals surface area (Å²) in [5.41, 5.74) is 6.82. The lowest BCUT2D eigenvalue weighted by Crippen LogP contribution is -2.48. The van der Waals surface area contributed by atoms with Crippen molar-refractivity contribution in [3.05, 3.63) is 95.6 Å². The van der Waals surface area contributed by atoms with Gasteiger partial charge in [-0.05, 0) is 66.3 Å². The molecule has 0 atom stereocenters. The lowest BCUT2D eigenvalue weighted by molar-refractivity contribution is 0.0934. The van der Waals surface area contributed by atoms with Gasteiger partial charge in [0.25, 0.3) is 11.8 Å². The second kappa shape index (κ2) is 10.7. The number of benzene rings is 3. The summed E-state index contributed by atoms with van der Waals surface area (Å²) in [4.78, 5) is 24.4. The zero-order valence-corrected chi connectivity index (χ0v) is 17.6. The number of methoxy groups -OCH3 is 1. The van der Waals surface area contributed by atoms with Crippen LogP contribution < -0.4 is 25.6 Å². The molecule has 0 fully saturated rings. The van der Waals surface area contributed by atoms with E-state index in [1.807, 2.05) is 30.3 Å². The molecule has 31 heavy (non-hydrogen) atoms. The molecule has 8 heteroatoms. The summed E-state index contributed by atoms with van der Waals surface area (Å²) < 4.78 is 10.8. The lowest BCUT2D eigenvalue weighted by Gasteiger charge is -2.11. The van der Waals surface area contributed by atoms with E-state index in [-0.39, 0.29) is 5.11 Å². The van der Waals surface area contributed by atoms with Crippen molar-refractivity contribution in [2.75, 3.05) is 7.11 Å². The number of hydrogen-bond acceptors (Lipinski definition) is 5. The van der Waals surface area contributed by atoms with Crippen molar-refractivity contribution in [3.8, 4) is 11.5 Å². The van der Waals surface area contributed by atoms with Crippen LogP contribution in [0.4, 0.5) is 0 Å². The van der Waals surface area contributed by atoms with Gasteiger partial charge in [-0.25, -0.2) is 0 Å². The first-order valence-electron chi connectivity index (χ1n) is 9.37. The first-order chi connectivity index (χ1) is 15.0. The van der Waals surface area contributed by atoms with Crippen LogP contribution in [0.1, 0.15) is 26.3 Å². The molecule has 0 saturated carbocycles. The van der Waals surface area contributed by atoms with Crippen molar-refractivity contribution in [3.63, 3.8) is 0 Å². The monoisotopic (exact) mass is 435 g/mol. The van der Waals surface area contributed by atoms with Crippen LogP contribution in [0.25, 0.3) is 0 Å². The Morgan fingerprint density at radius 3 is 1.97 bits per heavy atom. The molecule has 2 amide bonds. The third kappa shape index (κ3) is 6.55. The molecule has 0 aromatic heterocycles. The maximum Gasteiger partial charge on any atom is 0.269 e. The minimum atomic E-state index is -0.408. The van der Waals surface area contributed by atoms with E-state index in [0.29, 0.717) is 29.2 Å². The Bertz CT molecular complexity index is 1040. The van der Waals surface area contributed by atoms with Crippen molar-refractivity contribution in [2.24, 2.45) is 0 Å². The summed E-state index contributed by atoms with van der Waals surface area (Å²) in [5.74, 6) is 0.474. The Balaban J connectivity index is 1.45. The number of hydrogen-bond donors (Lipinski definition) is 3. The van der Waals surface area contributed by atoms with Gasteiger partial charge >= 0.3 is 0 Å². The number of carbonyl (C=O) groups excluding carboxylic acids is 2. The number of rotatable bonds is 6. The average molecular weight is 436 g/mol. The molecular formula is C23H21N3O4S. The summed E-state index contributed by atoms with van der Waals surface area (Å²) in [6, 6.07) is 23.0. The molecular weight excluding hydrogens is 414 g/mol. The topological polar surface area (TPSA) is 88.7 Å². The van der Waals surface area contributed by atoms with E-state index < -0.39 is 11.8 Å². The fourth-order valence-electron chi connectivity index (χ4n) is 2.58. The highest BCUT2D eigenvalue weighted by molar-refractivity contribution is 7.80. The van der Waals surface area contributed by atoms with Gasteiger partial charge in [-0.15, -0.1) is 0 Å². The predicted molar refractivity (Wildman–Crippen MR) is 121 cm³/mol. The predicted octanol–water partition coefficient (Wildman–Crippen LogP) is 3.22. The first-order valence-corrected chi connectivity index (χ1v) is 9.78. The summed E-state index contributed by atoms with van der Waals surface area (Å²) in [7, 11) is 1.54. The number of nitrogens with one attached hydrogen (secondary N) is 3. The normalized spacial score (nSPS) is 9.97. The van der Waals surface area contributed by atoms with E-state index in [4.69, 9.17) is 21.7 Å². The van der Waals surface area contributed by atoms with Gasteiger partial charge in [-0.1, -0.05) is 30.3 Å². The largest absolute Gasteiger partial charge is 0.497 e. The van der Waals surface area contributed by atoms with Crippen LogP contribution in [-0.4, -0.2) is 24.0 Å². The molecule has 3 N–H and O–H groups in total. The Hall–Kier alpha value is -3.91. The lowest BCUT2D eigenvalue weighted by atomic mass is 10.2. The number of thiocarbonyl (C=S) groups is 1. The highest BCUT2D eigenvalue weighted by Crippen LogP contribution is 2.14. The summed E-state index contributed by atoms with van der Waals surface area (Å²) >= 11 is 5.05. The smallest absolute Gasteiger partial charge is 0.269 e. The SMILES string of the molecule is COc1ccc(C(=O)NC(=S)NNC(=O)c2ccc(OCc3ccccc3)cc2)cc1. The average Bonchev–Trinajstić information content (AvgIpc) is 2.82. The Morgan fingerprint density at radius 2 is 1.35 bits per heavy atom. The van der Waals surface area contributed by atoms with Crippen molar-refractivity contribution in [2.45, 2.75) is 6.61 Å². The molecule has 0 bridgehead atoms. The fraction of sp³-hybridized carbons (Fsp3) is 0.0870. The van der Waals surface area contributed by atoms with E-state index >= 15 is 0 Å². The van der Waals surface area contributed by atoms with E-state index in [0.717, 1.165) is 5.56 Å². The summed E-state index contributed by atoms with van der Waals surface area (Å²) in [5, 5.41) is 2.46. The highest BCUT2D eigenvalue weighted by Gasteiger charge is 2.10. The quantitative estimate of drug-likeness (QED) is 0.407. The number of carbonyl (C=O) groups is 2. The molecule has 0 aliphatic carbocycles. The van der Waals surface area contributed by atoms with E-state index in [2.05, 4.69) is 16.2 Å². The van der Waals surface area contributed by atoms with Crippen LogP contribution >= 0.6 is 12.2 Å². The number of amides is 2. The van der Waals surface area contributed by atoms with Gasteiger partial charge in [-0.3, -0.25) is 25.8 Å². The number of ether oxygens (including phenoxy) is 2. The standard InChI is InChI=1S/C23H21N3O4S/c1-29-19-11-7-17(8-12-19)21(27)24-23(31)26-25-22(28)18-9-13-20(14-10-18)30-15-16-5-3-2-4-6-16/h2-14H,15H2,1H3,(H,25,28)(H2,24,26,27,31). The van der Waals surface area contributed by atoms with Gasteiger partial charge in [0, 0.05) is 11.1 Å². The molecule has 7 nitrogen and oxygen atoms in total. The Kier molecular flexibility index (Phi) is 7.56. The maximum absolute atomic E-state index is 12.3. The fourth-order valence-corrected chi connectivity index (χ4v) is 2.72. The maximum atomic E-state index is 12.3. The molecule has 0 saturated heterocycles. The van der Waals surface area contributed by atoms with Gasteiger partial charge < -0.3 is 9.47 Å². The second-order valence-electron chi connectivity index (χ2n) is 6.39. The zero-order chi connectivity index (χ0) is 22.1. The Morgan fingerprint density at radius 1 is 0.774 bits per heavy atom. The van der Waals surface area contributed by atoms with Gasteiger partial charge in [0.15, 0.2) is 5.11 Å². The van der Waals surface area contributed by atoms with Gasteiger partial charge in [0.2, 0.25) is 0 Å². The third-order valence-corrected chi connectivity index (χ3v) is 4.44. The minimum absolute atomic E-state index is 0.0306. The van der Waals surface area contributed by atoms with E-state index in [1.54, 1.807) is 55.6 Å². The summed E-state index contributed by atoms with van der Waals surface area (Å²) in [6.07, 6.45) is 0. The van der Waals surface area contributed by atoms with Gasteiger partial charge in [0.05, 0.1) is 7.11 Å². The van der Waals surface area contributed by atoms with Crippen molar-refractivity contribution in [1.29, 1.82) is 0 Å². The van der Waals surface area contributed by atoms with E-state index in [1.165, 1.54) is 0 Å². The van der Waals surface area contributed by atoms with Crippen LogP contribution in [-0.2, 0) is 6.61 Å². The molecule has 0 radical (unpaired) electrons. The molecule has 3 aromatic carbocycles. The zero-order valence-electron chi connectivity index (χ0n) is 16.8. The van der Waals surface area contributed by atoms with Gasteiger partial charge in [0.1, 0.15) is 18.1 Å². The third-order valence-electron chi connectivity index (χ3n) is 4.23. The molecule has 3 rings (SSSR count). The summed E-state index contributed by atoms with van der Waals surface area (Å²) in [6.45, 7) is 0.441. The molecule has 0 aliphatic heterocycles. The minimum Gasteiger partial charge on any atom is -0.497 e. The first kappa shape index (κ1) is 21.8. The van der Waals surface area contributed by atoms with E-state index in [9.17, 15) is 9.59 Å². The van der Waals surface area contributed by atoms with Crippen LogP contribution in [0.15, 0.2) is 78.9 Å². The van der Waals surface area contributed by atoms with Crippen molar-refractivity contribution in [1.82, 2.24) is 16.2 Å². The molecule has 0 aliphatic rings. The van der Waals surface area contributed by atoms with Crippen LogP contribution in [0.5, 0.6) is 11.5 Å². The Labute approximate surface area is 185 Å². The van der Waals surface area contributed by atoms with Crippen LogP contribution in [0, 0.1) is 0 Å². The second-order valence-corrected chi connectivity index (χ2v) is 6.80. The molecule has 3 aromatic rings. The van der Waals surface area contributed by atoms with Crippen LogP contribution in [0.3, 0.4) is 0 Å². The van der Waals surface area contributed by atoms with Crippen molar-refractivity contribution >= 4 is 29.1 Å². The highest BCUT2D eigenvalue weighted by atomic mass is 32.1.